The number of nitrogens with zero attached hydrogens (tertiary/aromatic N) is 4. The minimum atomic E-state index is -3.06. The van der Waals surface area contributed by atoms with Crippen molar-refractivity contribution in [2.45, 2.75) is 24.9 Å². The molecule has 2 aromatic heterocycles. The number of fused-ring (bicyclic) bond motifs is 2. The average Bonchev–Trinajstić information content (AvgIpc) is 3.22. The zero-order chi connectivity index (χ0) is 20.7. The Balaban J connectivity index is 1.36. The molecule has 152 valence electrons. The van der Waals surface area contributed by atoms with Gasteiger partial charge in [0.2, 0.25) is 5.88 Å². The SMILES string of the molecule is O=C(c1cnc2c(c1)CC=N2)N1CCC(F)(F)[C@@H](Oc2ccc3ccccc3n2)C1. The standard InChI is InChI=1S/C22H18F2N4O2/c23-22(24)8-10-28(21(29)16-11-15-7-9-25-20(15)26-12-16)13-18(22)30-19-6-5-14-3-1-2-4-17(14)27-19/h1-6,9,11-12,18H,7-8,10,13H2/t18-/m0/s1. The van der Waals surface area contributed by atoms with Gasteiger partial charge >= 0.3 is 0 Å². The minimum Gasteiger partial charge on any atom is -0.466 e. The number of likely N-dealkylation sites (tertiary alicyclic amines) is 1. The third-order valence-corrected chi connectivity index (χ3v) is 5.41. The van der Waals surface area contributed by atoms with E-state index in [9.17, 15) is 13.6 Å². The molecule has 0 unspecified atom stereocenters. The summed E-state index contributed by atoms with van der Waals surface area (Å²) < 4.78 is 34.7. The molecule has 3 aromatic rings. The molecule has 30 heavy (non-hydrogen) atoms. The summed E-state index contributed by atoms with van der Waals surface area (Å²) in [6, 6.07) is 12.5. The number of hydrogen-bond donors (Lipinski definition) is 0. The second kappa shape index (κ2) is 7.12. The summed E-state index contributed by atoms with van der Waals surface area (Å²) >= 11 is 0. The zero-order valence-corrected chi connectivity index (χ0v) is 16.0. The Labute approximate surface area is 171 Å². The van der Waals surface area contributed by atoms with Gasteiger partial charge in [0.25, 0.3) is 11.8 Å². The molecule has 1 saturated heterocycles. The van der Waals surface area contributed by atoms with Gasteiger partial charge in [-0.3, -0.25) is 4.79 Å². The molecule has 1 amide bonds. The molecule has 0 aliphatic carbocycles. The number of aliphatic imine (C=N–C) groups is 1. The Kier molecular flexibility index (Phi) is 4.42. The molecule has 2 aliphatic rings. The van der Waals surface area contributed by atoms with Gasteiger partial charge in [-0.2, -0.15) is 0 Å². The molecule has 8 heteroatoms. The third kappa shape index (κ3) is 3.38. The smallest absolute Gasteiger partial charge is 0.287 e. The van der Waals surface area contributed by atoms with Crippen molar-refractivity contribution in [1.82, 2.24) is 14.9 Å². The second-order valence-electron chi connectivity index (χ2n) is 7.43. The molecule has 6 nitrogen and oxygen atoms in total. The highest BCUT2D eigenvalue weighted by molar-refractivity contribution is 5.95. The fourth-order valence-electron chi connectivity index (χ4n) is 3.74. The van der Waals surface area contributed by atoms with E-state index in [1.54, 1.807) is 30.5 Å². The molecule has 2 aliphatic heterocycles. The summed E-state index contributed by atoms with van der Waals surface area (Å²) in [5.41, 5.74) is 1.89. The summed E-state index contributed by atoms with van der Waals surface area (Å²) in [6.07, 6.45) is 1.83. The highest BCUT2D eigenvalue weighted by Crippen LogP contribution is 2.32. The topological polar surface area (TPSA) is 67.7 Å². The van der Waals surface area contributed by atoms with Gasteiger partial charge in [-0.25, -0.2) is 23.7 Å². The van der Waals surface area contributed by atoms with Crippen LogP contribution in [0.5, 0.6) is 5.88 Å². The number of para-hydroxylation sites is 1. The first-order chi connectivity index (χ1) is 14.5. The number of rotatable bonds is 3. The fraction of sp³-hybridized carbons (Fsp3) is 0.273. The molecule has 0 spiro atoms. The Bertz CT molecular complexity index is 1160. The normalized spacial score (nSPS) is 19.7. The molecule has 1 aromatic carbocycles. The van der Waals surface area contributed by atoms with Crippen molar-refractivity contribution < 1.29 is 18.3 Å². The summed E-state index contributed by atoms with van der Waals surface area (Å²) in [6.45, 7) is -0.279. The molecule has 0 bridgehead atoms. The number of benzene rings is 1. The number of amides is 1. The van der Waals surface area contributed by atoms with Gasteiger partial charge in [0, 0.05) is 48.8 Å². The van der Waals surface area contributed by atoms with E-state index in [-0.39, 0.29) is 24.9 Å². The maximum absolute atomic E-state index is 14.6. The lowest BCUT2D eigenvalue weighted by molar-refractivity contribution is -0.131. The van der Waals surface area contributed by atoms with Crippen LogP contribution in [-0.2, 0) is 6.42 Å². The van der Waals surface area contributed by atoms with Crippen molar-refractivity contribution in [3.63, 3.8) is 0 Å². The number of carbonyl (C=O) groups is 1. The highest BCUT2D eigenvalue weighted by atomic mass is 19.3. The van der Waals surface area contributed by atoms with E-state index in [1.807, 2.05) is 18.2 Å². The Morgan fingerprint density at radius 3 is 2.97 bits per heavy atom. The maximum atomic E-state index is 14.6. The summed E-state index contributed by atoms with van der Waals surface area (Å²) in [7, 11) is 0. The van der Waals surface area contributed by atoms with Gasteiger partial charge in [0.1, 0.15) is 0 Å². The second-order valence-corrected chi connectivity index (χ2v) is 7.43. The van der Waals surface area contributed by atoms with Crippen LogP contribution in [0.2, 0.25) is 0 Å². The van der Waals surface area contributed by atoms with Gasteiger partial charge in [0.15, 0.2) is 11.9 Å². The Morgan fingerprint density at radius 2 is 2.07 bits per heavy atom. The van der Waals surface area contributed by atoms with Crippen LogP contribution in [0.25, 0.3) is 10.9 Å². The third-order valence-electron chi connectivity index (χ3n) is 5.41. The Morgan fingerprint density at radius 1 is 1.20 bits per heavy atom. The highest BCUT2D eigenvalue weighted by Gasteiger charge is 2.47. The lowest BCUT2D eigenvalue weighted by Gasteiger charge is -2.37. The van der Waals surface area contributed by atoms with Crippen LogP contribution in [0.1, 0.15) is 22.3 Å². The summed E-state index contributed by atoms with van der Waals surface area (Å²) in [4.78, 5) is 26.9. The van der Waals surface area contributed by atoms with Crippen molar-refractivity contribution in [2.24, 2.45) is 4.99 Å². The predicted molar refractivity (Wildman–Crippen MR) is 108 cm³/mol. The number of aromatic nitrogens is 2. The molecular weight excluding hydrogens is 390 g/mol. The molecule has 5 rings (SSSR count). The summed E-state index contributed by atoms with van der Waals surface area (Å²) in [5, 5.41) is 0.894. The first-order valence-electron chi connectivity index (χ1n) is 9.71. The number of carbonyl (C=O) groups excluding carboxylic acids is 1. The van der Waals surface area contributed by atoms with E-state index < -0.39 is 18.4 Å². The van der Waals surface area contributed by atoms with E-state index >= 15 is 0 Å². The van der Waals surface area contributed by atoms with Crippen molar-refractivity contribution in [1.29, 1.82) is 0 Å². The van der Waals surface area contributed by atoms with Gasteiger partial charge in [0.05, 0.1) is 17.6 Å². The van der Waals surface area contributed by atoms with Gasteiger partial charge < -0.3 is 9.64 Å². The van der Waals surface area contributed by atoms with Crippen molar-refractivity contribution in [2.75, 3.05) is 13.1 Å². The van der Waals surface area contributed by atoms with Gasteiger partial charge in [-0.15, -0.1) is 0 Å². The van der Waals surface area contributed by atoms with Crippen LogP contribution in [0.3, 0.4) is 0 Å². The number of alkyl halides is 2. The lowest BCUT2D eigenvalue weighted by Crippen LogP contribution is -2.55. The van der Waals surface area contributed by atoms with Crippen LogP contribution < -0.4 is 4.74 Å². The lowest BCUT2D eigenvalue weighted by atomic mass is 10.0. The molecular formula is C22H18F2N4O2. The number of ether oxygens (including phenoxy) is 1. The van der Waals surface area contributed by atoms with Gasteiger partial charge in [-0.05, 0) is 18.2 Å². The first-order valence-corrected chi connectivity index (χ1v) is 9.71. The Hall–Kier alpha value is -3.42. The van der Waals surface area contributed by atoms with E-state index in [1.165, 1.54) is 11.1 Å². The largest absolute Gasteiger partial charge is 0.466 e. The minimum absolute atomic E-state index is 0.0512. The van der Waals surface area contributed by atoms with E-state index in [2.05, 4.69) is 15.0 Å². The molecule has 1 atom stereocenters. The van der Waals surface area contributed by atoms with Crippen molar-refractivity contribution in [3.8, 4) is 5.88 Å². The molecule has 0 radical (unpaired) electrons. The average molecular weight is 408 g/mol. The number of halogens is 2. The number of piperidine rings is 1. The molecule has 4 heterocycles. The van der Waals surface area contributed by atoms with E-state index in [0.717, 1.165) is 10.9 Å². The molecule has 0 saturated carbocycles. The van der Waals surface area contributed by atoms with Crippen LogP contribution in [0, 0.1) is 0 Å². The molecule has 0 N–H and O–H groups in total. The summed E-state index contributed by atoms with van der Waals surface area (Å²) in [5.74, 6) is -2.69. The first kappa shape index (κ1) is 18.6. The van der Waals surface area contributed by atoms with Crippen LogP contribution in [0.15, 0.2) is 53.7 Å². The maximum Gasteiger partial charge on any atom is 0.287 e. The number of hydrogen-bond acceptors (Lipinski definition) is 5. The van der Waals surface area contributed by atoms with Crippen LogP contribution >= 0.6 is 0 Å². The van der Waals surface area contributed by atoms with Gasteiger partial charge in [-0.1, -0.05) is 18.2 Å². The fourth-order valence-corrected chi connectivity index (χ4v) is 3.74. The zero-order valence-electron chi connectivity index (χ0n) is 16.0. The van der Waals surface area contributed by atoms with Crippen LogP contribution in [-0.4, -0.2) is 52.1 Å². The number of pyridine rings is 2. The monoisotopic (exact) mass is 408 g/mol. The van der Waals surface area contributed by atoms with E-state index in [0.29, 0.717) is 23.3 Å². The van der Waals surface area contributed by atoms with Crippen molar-refractivity contribution in [3.05, 3.63) is 59.8 Å². The van der Waals surface area contributed by atoms with E-state index in [4.69, 9.17) is 4.74 Å². The van der Waals surface area contributed by atoms with Crippen LogP contribution in [0.4, 0.5) is 14.6 Å². The quantitative estimate of drug-likeness (QED) is 0.661. The predicted octanol–water partition coefficient (Wildman–Crippen LogP) is 3.82. The molecule has 1 fully saturated rings. The van der Waals surface area contributed by atoms with Crippen molar-refractivity contribution >= 4 is 28.8 Å².